The van der Waals surface area contributed by atoms with Crippen molar-refractivity contribution < 1.29 is 13.9 Å². The molecule has 3 rings (SSSR count). The van der Waals surface area contributed by atoms with E-state index in [1.165, 1.54) is 12.1 Å². The number of pyridine rings is 1. The molecule has 0 aliphatic heterocycles. The van der Waals surface area contributed by atoms with E-state index in [0.29, 0.717) is 17.1 Å². The minimum absolute atomic E-state index is 0.280. The van der Waals surface area contributed by atoms with E-state index in [1.54, 1.807) is 20.3 Å². The van der Waals surface area contributed by atoms with E-state index >= 15 is 0 Å². The summed E-state index contributed by atoms with van der Waals surface area (Å²) in [6.07, 6.45) is 0. The lowest BCUT2D eigenvalue weighted by Gasteiger charge is -2.09. The quantitative estimate of drug-likeness (QED) is 0.658. The lowest BCUT2D eigenvalue weighted by Crippen LogP contribution is -1.92. The highest BCUT2D eigenvalue weighted by atomic mass is 19.1. The van der Waals surface area contributed by atoms with E-state index in [1.807, 2.05) is 18.2 Å². The molecule has 0 fully saturated rings. The van der Waals surface area contributed by atoms with Crippen molar-refractivity contribution in [1.29, 1.82) is 0 Å². The third-order valence-corrected chi connectivity index (χ3v) is 3.12. The van der Waals surface area contributed by atoms with Crippen molar-refractivity contribution in [2.75, 3.05) is 14.2 Å². The topological polar surface area (TPSA) is 31.4 Å². The number of hydrogen-bond donors (Lipinski definition) is 0. The first-order valence-electron chi connectivity index (χ1n) is 5.84. The fourth-order valence-electron chi connectivity index (χ4n) is 2.21. The van der Waals surface area contributed by atoms with Crippen LogP contribution in [0.2, 0.25) is 0 Å². The van der Waals surface area contributed by atoms with Crippen LogP contribution in [0.25, 0.3) is 21.7 Å². The van der Waals surface area contributed by atoms with Crippen molar-refractivity contribution in [3.05, 3.63) is 42.2 Å². The van der Waals surface area contributed by atoms with Gasteiger partial charge >= 0.3 is 0 Å². The zero-order chi connectivity index (χ0) is 13.4. The molecule has 0 amide bonds. The Labute approximate surface area is 109 Å². The van der Waals surface area contributed by atoms with Crippen LogP contribution in [0.4, 0.5) is 4.39 Å². The van der Waals surface area contributed by atoms with Gasteiger partial charge in [-0.15, -0.1) is 0 Å². The summed E-state index contributed by atoms with van der Waals surface area (Å²) in [5.74, 6) is 0.909. The van der Waals surface area contributed by atoms with Crippen LogP contribution >= 0.6 is 0 Å². The molecule has 0 aliphatic rings. The van der Waals surface area contributed by atoms with E-state index in [2.05, 4.69) is 4.98 Å². The van der Waals surface area contributed by atoms with Gasteiger partial charge < -0.3 is 9.47 Å². The first-order chi connectivity index (χ1) is 9.22. The molecule has 3 nitrogen and oxygen atoms in total. The smallest absolute Gasteiger partial charge is 0.221 e. The molecular weight excluding hydrogens is 245 g/mol. The number of halogens is 1. The molecule has 0 saturated carbocycles. The minimum Gasteiger partial charge on any atom is -0.497 e. The summed E-state index contributed by atoms with van der Waals surface area (Å²) in [5.41, 5.74) is 0.717. The number of aromatic nitrogens is 1. The van der Waals surface area contributed by atoms with Crippen molar-refractivity contribution >= 4 is 21.7 Å². The molecule has 0 N–H and O–H groups in total. The zero-order valence-electron chi connectivity index (χ0n) is 10.6. The Morgan fingerprint density at radius 1 is 0.895 bits per heavy atom. The maximum atomic E-state index is 13.5. The lowest BCUT2D eigenvalue weighted by atomic mass is 10.1. The Morgan fingerprint density at radius 3 is 2.42 bits per heavy atom. The van der Waals surface area contributed by atoms with Gasteiger partial charge in [0, 0.05) is 16.8 Å². The highest BCUT2D eigenvalue weighted by Gasteiger charge is 2.10. The Hall–Kier alpha value is -2.36. The Bertz CT molecular complexity index is 771. The summed E-state index contributed by atoms with van der Waals surface area (Å²) in [6, 6.07) is 10.1. The van der Waals surface area contributed by atoms with Gasteiger partial charge in [0.25, 0.3) is 0 Å². The van der Waals surface area contributed by atoms with E-state index < -0.39 is 0 Å². The van der Waals surface area contributed by atoms with Crippen molar-refractivity contribution in [2.24, 2.45) is 0 Å². The minimum atomic E-state index is -0.280. The molecule has 0 bridgehead atoms. The normalized spacial score (nSPS) is 10.9. The van der Waals surface area contributed by atoms with Crippen LogP contribution in [0.1, 0.15) is 0 Å². The van der Waals surface area contributed by atoms with Crippen LogP contribution in [-0.4, -0.2) is 19.2 Å². The molecule has 0 saturated heterocycles. The molecule has 0 atom stereocenters. The molecule has 4 heteroatoms. The number of fused-ring (bicyclic) bond motifs is 3. The molecule has 0 radical (unpaired) electrons. The number of hydrogen-bond acceptors (Lipinski definition) is 3. The first kappa shape index (κ1) is 11.7. The maximum Gasteiger partial charge on any atom is 0.221 e. The van der Waals surface area contributed by atoms with Crippen molar-refractivity contribution in [3.63, 3.8) is 0 Å². The summed E-state index contributed by atoms with van der Waals surface area (Å²) in [5, 5.41) is 2.45. The molecule has 3 aromatic rings. The molecule has 0 spiro atoms. The van der Waals surface area contributed by atoms with Crippen LogP contribution in [0.5, 0.6) is 11.6 Å². The van der Waals surface area contributed by atoms with Crippen molar-refractivity contribution in [1.82, 2.24) is 4.98 Å². The van der Waals surface area contributed by atoms with Crippen LogP contribution in [0, 0.1) is 5.82 Å². The molecule has 96 valence electrons. The van der Waals surface area contributed by atoms with Crippen LogP contribution in [0.15, 0.2) is 36.4 Å². The second-order valence-corrected chi connectivity index (χ2v) is 4.19. The van der Waals surface area contributed by atoms with Crippen LogP contribution in [0.3, 0.4) is 0 Å². The second kappa shape index (κ2) is 4.39. The fraction of sp³-hybridized carbons (Fsp3) is 0.133. The molecule has 1 heterocycles. The molecule has 1 aromatic heterocycles. The van der Waals surface area contributed by atoms with E-state index in [4.69, 9.17) is 9.47 Å². The Balaban J connectivity index is 2.46. The number of rotatable bonds is 2. The van der Waals surface area contributed by atoms with Gasteiger partial charge in [-0.25, -0.2) is 9.37 Å². The summed E-state index contributed by atoms with van der Waals surface area (Å²) >= 11 is 0. The SMILES string of the molecule is COc1ccc2c(c1)nc(OC)c1ccc(F)cc12. The number of nitrogens with zero attached hydrogens (tertiary/aromatic N) is 1. The van der Waals surface area contributed by atoms with E-state index in [0.717, 1.165) is 16.2 Å². The standard InChI is InChI=1S/C15H12FNO2/c1-18-10-4-6-11-13-7-9(16)3-5-12(13)15(19-2)17-14(11)8-10/h3-8H,1-2H3. The Kier molecular flexibility index (Phi) is 2.71. The summed E-state index contributed by atoms with van der Waals surface area (Å²) in [4.78, 5) is 4.44. The summed E-state index contributed by atoms with van der Waals surface area (Å²) < 4.78 is 23.9. The van der Waals surface area contributed by atoms with Gasteiger partial charge in [0.05, 0.1) is 19.7 Å². The van der Waals surface area contributed by atoms with E-state index in [-0.39, 0.29) is 5.82 Å². The molecular formula is C15H12FNO2. The molecule has 0 aliphatic carbocycles. The number of benzene rings is 2. The fourth-order valence-corrected chi connectivity index (χ4v) is 2.21. The third kappa shape index (κ3) is 1.85. The highest BCUT2D eigenvalue weighted by molar-refractivity contribution is 6.08. The first-order valence-corrected chi connectivity index (χ1v) is 5.84. The average molecular weight is 257 g/mol. The van der Waals surface area contributed by atoms with Gasteiger partial charge in [-0.1, -0.05) is 0 Å². The predicted molar refractivity (Wildman–Crippen MR) is 72.3 cm³/mol. The summed E-state index contributed by atoms with van der Waals surface area (Å²) in [6.45, 7) is 0. The van der Waals surface area contributed by atoms with Gasteiger partial charge in [0.1, 0.15) is 11.6 Å². The predicted octanol–water partition coefficient (Wildman–Crippen LogP) is 3.54. The van der Waals surface area contributed by atoms with E-state index in [9.17, 15) is 4.39 Å². The van der Waals surface area contributed by atoms with Gasteiger partial charge in [-0.05, 0) is 35.7 Å². The highest BCUT2D eigenvalue weighted by Crippen LogP contribution is 2.32. The zero-order valence-corrected chi connectivity index (χ0v) is 10.6. The van der Waals surface area contributed by atoms with Gasteiger partial charge in [0.15, 0.2) is 0 Å². The third-order valence-electron chi connectivity index (χ3n) is 3.12. The monoisotopic (exact) mass is 257 g/mol. The number of ether oxygens (including phenoxy) is 2. The van der Waals surface area contributed by atoms with Gasteiger partial charge in [0.2, 0.25) is 5.88 Å². The lowest BCUT2D eigenvalue weighted by molar-refractivity contribution is 0.404. The summed E-state index contributed by atoms with van der Waals surface area (Å²) in [7, 11) is 3.15. The second-order valence-electron chi connectivity index (χ2n) is 4.19. The molecule has 2 aromatic carbocycles. The van der Waals surface area contributed by atoms with Crippen LogP contribution < -0.4 is 9.47 Å². The average Bonchev–Trinajstić information content (AvgIpc) is 2.45. The van der Waals surface area contributed by atoms with Crippen LogP contribution in [-0.2, 0) is 0 Å². The van der Waals surface area contributed by atoms with Crippen molar-refractivity contribution in [3.8, 4) is 11.6 Å². The largest absolute Gasteiger partial charge is 0.497 e. The van der Waals surface area contributed by atoms with Gasteiger partial charge in [-0.2, -0.15) is 0 Å². The molecule has 0 unspecified atom stereocenters. The Morgan fingerprint density at radius 2 is 1.68 bits per heavy atom. The van der Waals surface area contributed by atoms with Gasteiger partial charge in [-0.3, -0.25) is 0 Å². The number of methoxy groups -OCH3 is 2. The van der Waals surface area contributed by atoms with Crippen molar-refractivity contribution in [2.45, 2.75) is 0 Å². The molecule has 19 heavy (non-hydrogen) atoms. The maximum absolute atomic E-state index is 13.5.